The zero-order valence-corrected chi connectivity index (χ0v) is 40.9. The summed E-state index contributed by atoms with van der Waals surface area (Å²) >= 11 is 0. The van der Waals surface area contributed by atoms with Crippen LogP contribution in [0.2, 0.25) is 0 Å². The number of rotatable bonds is 14. The normalized spacial score (nSPS) is 51.0. The van der Waals surface area contributed by atoms with Crippen LogP contribution in [0.3, 0.4) is 0 Å². The van der Waals surface area contributed by atoms with Crippen molar-refractivity contribution in [2.75, 3.05) is 19.8 Å². The van der Waals surface area contributed by atoms with Gasteiger partial charge in [-0.05, 0) is 99.7 Å². The van der Waals surface area contributed by atoms with Crippen molar-refractivity contribution in [3.05, 3.63) is 11.6 Å². The van der Waals surface area contributed by atoms with E-state index in [0.717, 1.165) is 19.3 Å². The van der Waals surface area contributed by atoms with E-state index in [9.17, 15) is 61.3 Å². The fourth-order valence-corrected chi connectivity index (χ4v) is 14.4. The Balaban J connectivity index is 1.02. The van der Waals surface area contributed by atoms with E-state index in [0.29, 0.717) is 32.1 Å². The largest absolute Gasteiger partial charge is 0.394 e. The van der Waals surface area contributed by atoms with Crippen molar-refractivity contribution in [2.24, 2.45) is 51.2 Å². The van der Waals surface area contributed by atoms with Crippen molar-refractivity contribution in [1.29, 1.82) is 0 Å². The van der Waals surface area contributed by atoms with Gasteiger partial charge in [-0.3, -0.25) is 0 Å². The van der Waals surface area contributed by atoms with Gasteiger partial charge < -0.3 is 89.7 Å². The maximum atomic E-state index is 12.6. The number of aliphatic hydroxyl groups is 12. The van der Waals surface area contributed by atoms with E-state index in [2.05, 4.69) is 47.6 Å². The second kappa shape index (κ2) is 19.8. The van der Waals surface area contributed by atoms with E-state index >= 15 is 0 Å². The minimum Gasteiger partial charge on any atom is -0.394 e. The van der Waals surface area contributed by atoms with Gasteiger partial charge >= 0.3 is 0 Å². The van der Waals surface area contributed by atoms with Crippen molar-refractivity contribution in [1.82, 2.24) is 0 Å². The van der Waals surface area contributed by atoms with Crippen molar-refractivity contribution >= 4 is 0 Å². The van der Waals surface area contributed by atoms with E-state index in [1.165, 1.54) is 5.57 Å². The Morgan fingerprint density at radius 2 is 1.28 bits per heavy atom. The molecular formula is C49H84O18. The zero-order chi connectivity index (χ0) is 49.5. The smallest absolute Gasteiger partial charge is 0.187 e. The summed E-state index contributed by atoms with van der Waals surface area (Å²) in [6, 6.07) is 0. The number of hydrogen-bond donors (Lipinski definition) is 12. The summed E-state index contributed by atoms with van der Waals surface area (Å²) in [6.07, 6.45) is -13.4. The predicted molar refractivity (Wildman–Crippen MR) is 238 cm³/mol. The first kappa shape index (κ1) is 53.8. The molecule has 0 aromatic carbocycles. The van der Waals surface area contributed by atoms with Gasteiger partial charge in [0.2, 0.25) is 0 Å². The van der Waals surface area contributed by atoms with Gasteiger partial charge in [0.05, 0.1) is 55.9 Å². The number of aliphatic hydroxyl groups excluding tert-OH is 11. The number of allylic oxidation sites excluding steroid dienone is 1. The van der Waals surface area contributed by atoms with Crippen LogP contribution in [0.25, 0.3) is 0 Å². The first-order valence-electron chi connectivity index (χ1n) is 24.8. The summed E-state index contributed by atoms with van der Waals surface area (Å²) in [5.41, 5.74) is -1.49. The Kier molecular flexibility index (Phi) is 15.9. The molecule has 0 radical (unpaired) electrons. The molecule has 0 aromatic rings. The molecule has 7 aliphatic rings. The maximum absolute atomic E-state index is 12.6. The third-order valence-electron chi connectivity index (χ3n) is 19.1. The van der Waals surface area contributed by atoms with Crippen molar-refractivity contribution < 1.29 is 89.7 Å². The molecule has 0 aromatic heterocycles. The Hall–Kier alpha value is -0.980. The summed E-state index contributed by atoms with van der Waals surface area (Å²) in [5, 5.41) is 129. The van der Waals surface area contributed by atoms with Gasteiger partial charge in [0.1, 0.15) is 54.9 Å². The van der Waals surface area contributed by atoms with Crippen LogP contribution in [0, 0.1) is 51.2 Å². The molecule has 0 amide bonds. The molecule has 18 heteroatoms. The average molecular weight is 961 g/mol. The lowest BCUT2D eigenvalue weighted by atomic mass is 9.38. The van der Waals surface area contributed by atoms with Crippen LogP contribution in [-0.2, 0) is 28.4 Å². The van der Waals surface area contributed by atoms with E-state index in [1.807, 2.05) is 0 Å². The van der Waals surface area contributed by atoms with Crippen LogP contribution in [0.5, 0.6) is 0 Å². The van der Waals surface area contributed by atoms with E-state index in [-0.39, 0.29) is 41.1 Å². The second-order valence-corrected chi connectivity index (χ2v) is 23.4. The average Bonchev–Trinajstić information content (AvgIpc) is 3.54. The van der Waals surface area contributed by atoms with Gasteiger partial charge in [-0.2, -0.15) is 0 Å². The van der Waals surface area contributed by atoms with E-state index < -0.39 is 140 Å². The summed E-state index contributed by atoms with van der Waals surface area (Å²) in [5.74, 6) is 0.167. The molecule has 0 spiro atoms. The van der Waals surface area contributed by atoms with Crippen LogP contribution in [0.15, 0.2) is 11.6 Å². The maximum Gasteiger partial charge on any atom is 0.187 e. The topological polar surface area (TPSA) is 298 Å². The molecular weight excluding hydrogens is 877 g/mol. The third kappa shape index (κ3) is 9.26. The molecule has 3 unspecified atom stereocenters. The molecule has 3 saturated carbocycles. The van der Waals surface area contributed by atoms with Gasteiger partial charge in [0.15, 0.2) is 18.9 Å². The highest BCUT2D eigenvalue weighted by Gasteiger charge is 2.70. The number of hydrogen-bond acceptors (Lipinski definition) is 18. The lowest BCUT2D eigenvalue weighted by molar-refractivity contribution is -0.340. The second-order valence-electron chi connectivity index (χ2n) is 23.4. The highest BCUT2D eigenvalue weighted by atomic mass is 16.7. The van der Waals surface area contributed by atoms with Crippen LogP contribution < -0.4 is 0 Å². The Bertz CT molecular complexity index is 1710. The Labute approximate surface area is 395 Å². The van der Waals surface area contributed by atoms with Gasteiger partial charge in [0, 0.05) is 16.7 Å². The molecule has 12 N–H and O–H groups in total. The van der Waals surface area contributed by atoms with Gasteiger partial charge in [-0.25, -0.2) is 0 Å². The zero-order valence-electron chi connectivity index (χ0n) is 40.9. The first-order chi connectivity index (χ1) is 31.2. The van der Waals surface area contributed by atoms with Crippen molar-refractivity contribution in [3.63, 3.8) is 0 Å². The molecule has 18 nitrogen and oxygen atoms in total. The fourth-order valence-electron chi connectivity index (χ4n) is 14.4. The third-order valence-corrected chi connectivity index (χ3v) is 19.1. The number of fused-ring (bicyclic) bond motifs is 5. The molecule has 388 valence electrons. The quantitative estimate of drug-likeness (QED) is 0.104. The molecule has 7 rings (SSSR count). The van der Waals surface area contributed by atoms with Gasteiger partial charge in [-0.1, -0.05) is 60.1 Å². The van der Waals surface area contributed by atoms with E-state index in [4.69, 9.17) is 28.4 Å². The van der Waals surface area contributed by atoms with Gasteiger partial charge in [0.25, 0.3) is 0 Å². The fraction of sp³-hybridized carbons (Fsp3) is 0.959. The van der Waals surface area contributed by atoms with Crippen LogP contribution in [-0.4, -0.2) is 191 Å². The summed E-state index contributed by atoms with van der Waals surface area (Å²) in [6.45, 7) is 17.0. The van der Waals surface area contributed by atoms with E-state index in [1.54, 1.807) is 20.8 Å². The van der Waals surface area contributed by atoms with Crippen LogP contribution in [0.4, 0.5) is 0 Å². The predicted octanol–water partition coefficient (Wildman–Crippen LogP) is 0.219. The van der Waals surface area contributed by atoms with Crippen LogP contribution in [0.1, 0.15) is 114 Å². The summed E-state index contributed by atoms with van der Waals surface area (Å²) < 4.78 is 35.8. The number of ether oxygens (including phenoxy) is 6. The minimum absolute atomic E-state index is 0.0345. The highest BCUT2D eigenvalue weighted by molar-refractivity contribution is 5.32. The molecule has 4 aliphatic carbocycles. The molecule has 6 fully saturated rings. The standard InChI is InChI=1S/C49H84O18/c1-22(10-14-33(46(5,6)61)67-43-39(58)34(53)23(2)27(19-50)63-43)24-16-17-47(7)30-13-11-25-26(49(30,9)31(52)18-48(24,47)8)12-15-32(45(25,3)4)66-44-41(60)38(57)36(55)29(65-44)21-62-42-40(59)37(56)35(54)28(20-51)64-42/h11,22-24,26-44,50-61H,10,12-21H2,1-9H3/t22-,23-,24?,26?,27-,28-,29-,30?,31-,32+,33-,34+,35-,36-,37+,38+,39-,40-,41-,42-,43+,44+,47+,48-,49+/m1/s1. The lowest BCUT2D eigenvalue weighted by Gasteiger charge is -2.67. The molecule has 3 saturated heterocycles. The molecule has 0 bridgehead atoms. The monoisotopic (exact) mass is 961 g/mol. The summed E-state index contributed by atoms with van der Waals surface area (Å²) in [4.78, 5) is 0. The van der Waals surface area contributed by atoms with Crippen LogP contribution >= 0.6 is 0 Å². The molecule has 3 heterocycles. The first-order valence-corrected chi connectivity index (χ1v) is 24.8. The van der Waals surface area contributed by atoms with Crippen molar-refractivity contribution in [2.45, 2.75) is 224 Å². The molecule has 3 aliphatic heterocycles. The highest BCUT2D eigenvalue weighted by Crippen LogP contribution is 2.75. The van der Waals surface area contributed by atoms with Gasteiger partial charge in [-0.15, -0.1) is 0 Å². The lowest BCUT2D eigenvalue weighted by Crippen LogP contribution is -2.65. The molecule has 25 atom stereocenters. The summed E-state index contributed by atoms with van der Waals surface area (Å²) in [7, 11) is 0. The molecule has 67 heavy (non-hydrogen) atoms. The SMILES string of the molecule is C[C@H]1[C@H](O)[C@@H](O)[C@H](O[C@H](CC[C@@H](C)C2CC[C@@]3(C)C4CC=C5C(CC[C@H](O[C@@H]6O[C@H](CO[C@@H]7O[C@H](CO)[C@@H](O)[C@H](O)[C@H]7O)[C@@H](O)[C@H](O)[C@H]6O)C5(C)C)[C@]4(C)[C@H](O)C[C@]23C)C(C)(C)O)O[C@@H]1CO. The van der Waals surface area contributed by atoms with Crippen molar-refractivity contribution in [3.8, 4) is 0 Å². The Morgan fingerprint density at radius 1 is 0.701 bits per heavy atom. The minimum atomic E-state index is -1.69. The Morgan fingerprint density at radius 3 is 1.91 bits per heavy atom.